The highest BCUT2D eigenvalue weighted by Crippen LogP contribution is 2.22. The molecule has 3 heteroatoms. The molecule has 1 aliphatic rings. The van der Waals surface area contributed by atoms with Gasteiger partial charge in [0.15, 0.2) is 0 Å². The molecule has 0 amide bonds. The van der Waals surface area contributed by atoms with Gasteiger partial charge < -0.3 is 15.8 Å². The highest BCUT2D eigenvalue weighted by molar-refractivity contribution is 5.19. The summed E-state index contributed by atoms with van der Waals surface area (Å²) in [5.41, 5.74) is 7.65. The number of rotatable bonds is 5. The number of hydrogen-bond donors (Lipinski definition) is 2. The molecule has 0 radical (unpaired) electrons. The Morgan fingerprint density at radius 3 is 2.74 bits per heavy atom. The van der Waals surface area contributed by atoms with Crippen molar-refractivity contribution in [1.29, 1.82) is 0 Å². The zero-order valence-corrected chi connectivity index (χ0v) is 12.1. The first kappa shape index (κ1) is 14.5. The highest BCUT2D eigenvalue weighted by atomic mass is 16.5. The SMILES string of the molecule is CC(CNC1(C)CCCOC1)C(N)c1ccccc1. The molecule has 0 spiro atoms. The van der Waals surface area contributed by atoms with Crippen molar-refractivity contribution in [1.82, 2.24) is 5.32 Å². The summed E-state index contributed by atoms with van der Waals surface area (Å²) in [5, 5.41) is 3.64. The van der Waals surface area contributed by atoms with E-state index in [-0.39, 0.29) is 11.6 Å². The molecule has 3 N–H and O–H groups in total. The third-order valence-electron chi connectivity index (χ3n) is 4.09. The topological polar surface area (TPSA) is 47.3 Å². The van der Waals surface area contributed by atoms with Crippen molar-refractivity contribution < 1.29 is 4.74 Å². The molecule has 1 aromatic carbocycles. The monoisotopic (exact) mass is 262 g/mol. The molecule has 0 aromatic heterocycles. The number of ether oxygens (including phenoxy) is 1. The van der Waals surface area contributed by atoms with Crippen LogP contribution in [0, 0.1) is 5.92 Å². The van der Waals surface area contributed by atoms with Crippen molar-refractivity contribution in [2.75, 3.05) is 19.8 Å². The second-order valence-corrected chi connectivity index (χ2v) is 6.01. The Bertz CT molecular complexity index is 374. The molecule has 106 valence electrons. The Labute approximate surface area is 116 Å². The Balaban J connectivity index is 1.85. The Kier molecular flexibility index (Phi) is 4.97. The van der Waals surface area contributed by atoms with E-state index in [0.717, 1.165) is 26.2 Å². The second-order valence-electron chi connectivity index (χ2n) is 6.01. The number of hydrogen-bond acceptors (Lipinski definition) is 3. The summed E-state index contributed by atoms with van der Waals surface area (Å²) in [6.07, 6.45) is 2.32. The number of benzene rings is 1. The van der Waals surface area contributed by atoms with Crippen molar-refractivity contribution >= 4 is 0 Å². The molecule has 1 aliphatic heterocycles. The fraction of sp³-hybridized carbons (Fsp3) is 0.625. The quantitative estimate of drug-likeness (QED) is 0.857. The van der Waals surface area contributed by atoms with Crippen LogP contribution in [0.2, 0.25) is 0 Å². The van der Waals surface area contributed by atoms with Crippen LogP contribution in [0.15, 0.2) is 30.3 Å². The predicted octanol–water partition coefficient (Wildman–Crippen LogP) is 2.48. The normalized spacial score (nSPS) is 26.9. The van der Waals surface area contributed by atoms with Gasteiger partial charge >= 0.3 is 0 Å². The maximum atomic E-state index is 6.33. The maximum Gasteiger partial charge on any atom is 0.0645 e. The lowest BCUT2D eigenvalue weighted by Gasteiger charge is -2.36. The first-order valence-electron chi connectivity index (χ1n) is 7.24. The van der Waals surface area contributed by atoms with Gasteiger partial charge in [-0.25, -0.2) is 0 Å². The highest BCUT2D eigenvalue weighted by Gasteiger charge is 2.28. The van der Waals surface area contributed by atoms with Gasteiger partial charge in [-0.3, -0.25) is 0 Å². The zero-order valence-electron chi connectivity index (χ0n) is 12.1. The molecule has 1 fully saturated rings. The van der Waals surface area contributed by atoms with Gasteiger partial charge in [0.25, 0.3) is 0 Å². The van der Waals surface area contributed by atoms with Crippen LogP contribution in [0.1, 0.15) is 38.3 Å². The van der Waals surface area contributed by atoms with Gasteiger partial charge in [0.1, 0.15) is 0 Å². The summed E-state index contributed by atoms with van der Waals surface area (Å²) in [4.78, 5) is 0. The van der Waals surface area contributed by atoms with E-state index in [4.69, 9.17) is 10.5 Å². The summed E-state index contributed by atoms with van der Waals surface area (Å²) in [6, 6.07) is 10.4. The van der Waals surface area contributed by atoms with Crippen LogP contribution in [0.3, 0.4) is 0 Å². The van der Waals surface area contributed by atoms with E-state index in [2.05, 4.69) is 31.3 Å². The first-order chi connectivity index (χ1) is 9.11. The Morgan fingerprint density at radius 2 is 2.11 bits per heavy atom. The minimum atomic E-state index is 0.0850. The van der Waals surface area contributed by atoms with Gasteiger partial charge in [-0.2, -0.15) is 0 Å². The fourth-order valence-corrected chi connectivity index (χ4v) is 2.61. The van der Waals surface area contributed by atoms with Crippen LogP contribution in [0.5, 0.6) is 0 Å². The van der Waals surface area contributed by atoms with Gasteiger partial charge in [0, 0.05) is 24.7 Å². The van der Waals surface area contributed by atoms with Crippen LogP contribution in [-0.2, 0) is 4.74 Å². The van der Waals surface area contributed by atoms with E-state index in [1.165, 1.54) is 12.0 Å². The van der Waals surface area contributed by atoms with Crippen molar-refractivity contribution in [3.8, 4) is 0 Å². The van der Waals surface area contributed by atoms with E-state index in [1.807, 2.05) is 18.2 Å². The molecule has 0 saturated carbocycles. The van der Waals surface area contributed by atoms with E-state index in [9.17, 15) is 0 Å². The van der Waals surface area contributed by atoms with Crippen LogP contribution in [0.25, 0.3) is 0 Å². The van der Waals surface area contributed by atoms with E-state index < -0.39 is 0 Å². The molecular weight excluding hydrogens is 236 g/mol. The van der Waals surface area contributed by atoms with E-state index >= 15 is 0 Å². The molecule has 3 nitrogen and oxygen atoms in total. The lowest BCUT2D eigenvalue weighted by atomic mass is 9.91. The molecule has 1 saturated heterocycles. The number of nitrogens with one attached hydrogen (secondary N) is 1. The lowest BCUT2D eigenvalue weighted by molar-refractivity contribution is 0.0267. The molecule has 19 heavy (non-hydrogen) atoms. The summed E-state index contributed by atoms with van der Waals surface area (Å²) in [5.74, 6) is 0.404. The summed E-state index contributed by atoms with van der Waals surface area (Å²) >= 11 is 0. The third-order valence-corrected chi connectivity index (χ3v) is 4.09. The predicted molar refractivity (Wildman–Crippen MR) is 79.0 cm³/mol. The smallest absolute Gasteiger partial charge is 0.0645 e. The maximum absolute atomic E-state index is 6.33. The average Bonchev–Trinajstić information content (AvgIpc) is 2.46. The minimum absolute atomic E-state index is 0.0850. The summed E-state index contributed by atoms with van der Waals surface area (Å²) in [6.45, 7) is 7.08. The van der Waals surface area contributed by atoms with Crippen LogP contribution < -0.4 is 11.1 Å². The molecule has 1 aromatic rings. The molecule has 2 rings (SSSR count). The van der Waals surface area contributed by atoms with Crippen LogP contribution in [0.4, 0.5) is 0 Å². The largest absolute Gasteiger partial charge is 0.380 e. The molecular formula is C16H26N2O. The van der Waals surface area contributed by atoms with Gasteiger partial charge in [-0.15, -0.1) is 0 Å². The number of nitrogens with two attached hydrogens (primary N) is 1. The van der Waals surface area contributed by atoms with Gasteiger partial charge in [0.05, 0.1) is 6.61 Å². The molecule has 1 heterocycles. The second kappa shape index (κ2) is 6.51. The first-order valence-corrected chi connectivity index (χ1v) is 7.24. The molecule has 0 bridgehead atoms. The summed E-state index contributed by atoms with van der Waals surface area (Å²) in [7, 11) is 0. The Morgan fingerprint density at radius 1 is 1.37 bits per heavy atom. The van der Waals surface area contributed by atoms with Crippen LogP contribution in [-0.4, -0.2) is 25.3 Å². The fourth-order valence-electron chi connectivity index (χ4n) is 2.61. The Hall–Kier alpha value is -0.900. The third kappa shape index (κ3) is 4.03. The van der Waals surface area contributed by atoms with E-state index in [0.29, 0.717) is 5.92 Å². The van der Waals surface area contributed by atoms with Crippen molar-refractivity contribution in [3.63, 3.8) is 0 Å². The standard InChI is InChI=1S/C16H26N2O/c1-13(15(17)14-7-4-3-5-8-14)11-18-16(2)9-6-10-19-12-16/h3-5,7-8,13,15,18H,6,9-12,17H2,1-2H3. The summed E-state index contributed by atoms with van der Waals surface area (Å²) < 4.78 is 5.57. The lowest BCUT2D eigenvalue weighted by Crippen LogP contribution is -2.51. The minimum Gasteiger partial charge on any atom is -0.380 e. The van der Waals surface area contributed by atoms with Crippen molar-refractivity contribution in [3.05, 3.63) is 35.9 Å². The molecule has 3 atom stereocenters. The average molecular weight is 262 g/mol. The van der Waals surface area contributed by atoms with Gasteiger partial charge in [-0.1, -0.05) is 37.3 Å². The van der Waals surface area contributed by atoms with Crippen molar-refractivity contribution in [2.45, 2.75) is 38.3 Å². The molecule has 0 aliphatic carbocycles. The van der Waals surface area contributed by atoms with Crippen LogP contribution >= 0.6 is 0 Å². The van der Waals surface area contributed by atoms with Gasteiger partial charge in [0.2, 0.25) is 0 Å². The molecule has 3 unspecified atom stereocenters. The van der Waals surface area contributed by atoms with Gasteiger partial charge in [-0.05, 0) is 31.2 Å². The van der Waals surface area contributed by atoms with Crippen molar-refractivity contribution in [2.24, 2.45) is 11.7 Å². The van der Waals surface area contributed by atoms with E-state index in [1.54, 1.807) is 0 Å². The zero-order chi connectivity index (χ0) is 13.7.